The Morgan fingerprint density at radius 2 is 1.89 bits per heavy atom. The highest BCUT2D eigenvalue weighted by atomic mass is 16.5. The molecule has 0 unspecified atom stereocenters. The Morgan fingerprint density at radius 3 is 2.42 bits per heavy atom. The molecule has 0 aromatic heterocycles. The zero-order valence-electron chi connectivity index (χ0n) is 10.9. The largest absolute Gasteiger partial charge is 0.493 e. The number of hydrogen-bond acceptors (Lipinski definition) is 5. The van der Waals surface area contributed by atoms with E-state index >= 15 is 0 Å². The molecule has 104 valence electrons. The molecule has 0 fully saturated rings. The number of aliphatic hydroxyl groups excluding tert-OH is 1. The fraction of sp³-hybridized carbons (Fsp3) is 0.286. The summed E-state index contributed by atoms with van der Waals surface area (Å²) in [6.07, 6.45) is 2.51. The smallest absolute Gasteiger partial charge is 0.330 e. The Balaban J connectivity index is 0.00000154. The predicted octanol–water partition coefficient (Wildman–Crippen LogP) is 1.61. The Bertz CT molecular complexity index is 383. The van der Waals surface area contributed by atoms with Gasteiger partial charge >= 0.3 is 5.97 Å². The minimum atomic E-state index is -0.430. The molecule has 1 N–H and O–H groups in total. The van der Waals surface area contributed by atoms with E-state index in [1.807, 2.05) is 0 Å². The molecule has 0 heterocycles. The second-order valence-electron chi connectivity index (χ2n) is 3.26. The first-order chi connectivity index (χ1) is 9.26. The van der Waals surface area contributed by atoms with Crippen molar-refractivity contribution in [2.24, 2.45) is 0 Å². The lowest BCUT2D eigenvalue weighted by Gasteiger charge is -2.06. The third-order valence-corrected chi connectivity index (χ3v) is 1.98. The molecule has 5 nitrogen and oxygen atoms in total. The van der Waals surface area contributed by atoms with E-state index in [-0.39, 0.29) is 0 Å². The molecule has 0 atom stereocenters. The number of ether oxygens (including phenoxy) is 2. The van der Waals surface area contributed by atoms with E-state index in [1.54, 1.807) is 24.3 Å². The van der Waals surface area contributed by atoms with Gasteiger partial charge in [-0.15, -0.1) is 0 Å². The molecule has 0 aliphatic heterocycles. The lowest BCUT2D eigenvalue weighted by Crippen LogP contribution is -2.06. The SMILES string of the molecule is C=CC(=O)OCCCOc1ccc(C=O)cc1.CO. The van der Waals surface area contributed by atoms with Crippen molar-refractivity contribution in [3.8, 4) is 5.75 Å². The van der Waals surface area contributed by atoms with Crippen LogP contribution in [0.15, 0.2) is 36.9 Å². The topological polar surface area (TPSA) is 72.8 Å². The average Bonchev–Trinajstić information content (AvgIpc) is 2.49. The highest BCUT2D eigenvalue weighted by molar-refractivity contribution is 5.81. The fourth-order valence-corrected chi connectivity index (χ4v) is 1.12. The molecule has 0 saturated heterocycles. The van der Waals surface area contributed by atoms with Crippen LogP contribution in [-0.2, 0) is 9.53 Å². The third kappa shape index (κ3) is 7.72. The van der Waals surface area contributed by atoms with Crippen LogP contribution >= 0.6 is 0 Å². The highest BCUT2D eigenvalue weighted by Crippen LogP contribution is 2.11. The number of carbonyl (C=O) groups is 2. The Kier molecular flexibility index (Phi) is 9.74. The molecule has 19 heavy (non-hydrogen) atoms. The van der Waals surface area contributed by atoms with Crippen molar-refractivity contribution < 1.29 is 24.2 Å². The molecule has 0 saturated carbocycles. The predicted molar refractivity (Wildman–Crippen MR) is 71.2 cm³/mol. The summed E-state index contributed by atoms with van der Waals surface area (Å²) in [6, 6.07) is 6.80. The fourth-order valence-electron chi connectivity index (χ4n) is 1.12. The second-order valence-corrected chi connectivity index (χ2v) is 3.26. The van der Waals surface area contributed by atoms with Gasteiger partial charge in [0.1, 0.15) is 12.0 Å². The van der Waals surface area contributed by atoms with E-state index < -0.39 is 5.97 Å². The summed E-state index contributed by atoms with van der Waals surface area (Å²) in [5, 5.41) is 7.00. The van der Waals surface area contributed by atoms with Gasteiger partial charge in [-0.1, -0.05) is 6.58 Å². The van der Waals surface area contributed by atoms with Gasteiger partial charge in [-0.25, -0.2) is 4.79 Å². The van der Waals surface area contributed by atoms with Crippen LogP contribution in [0.4, 0.5) is 0 Å². The first kappa shape index (κ1) is 16.9. The van der Waals surface area contributed by atoms with Crippen LogP contribution in [0, 0.1) is 0 Å². The molecular weight excluding hydrogens is 248 g/mol. The second kappa shape index (κ2) is 11.0. The van der Waals surface area contributed by atoms with Crippen LogP contribution in [0.2, 0.25) is 0 Å². The minimum Gasteiger partial charge on any atom is -0.493 e. The van der Waals surface area contributed by atoms with Crippen LogP contribution in [0.25, 0.3) is 0 Å². The Morgan fingerprint density at radius 1 is 1.26 bits per heavy atom. The Labute approximate surface area is 112 Å². The highest BCUT2D eigenvalue weighted by Gasteiger charge is 1.97. The van der Waals surface area contributed by atoms with Gasteiger partial charge in [0.25, 0.3) is 0 Å². The summed E-state index contributed by atoms with van der Waals surface area (Å²) in [7, 11) is 1.00. The standard InChI is InChI=1S/C13H14O4.CH4O/c1-2-13(15)17-9-3-8-16-12-6-4-11(10-14)5-7-12;1-2/h2,4-7,10H,1,3,8-9H2;2H,1H3. The molecule has 0 aliphatic rings. The lowest BCUT2D eigenvalue weighted by molar-refractivity contribution is -0.137. The average molecular weight is 266 g/mol. The molecule has 1 aromatic rings. The number of carbonyl (C=O) groups excluding carboxylic acids is 2. The Hall–Kier alpha value is -2.14. The molecule has 0 amide bonds. The summed E-state index contributed by atoms with van der Waals surface area (Å²) in [5.74, 6) is 0.256. The first-order valence-corrected chi connectivity index (χ1v) is 5.68. The summed E-state index contributed by atoms with van der Waals surface area (Å²) in [4.78, 5) is 21.1. The van der Waals surface area contributed by atoms with Crippen molar-refractivity contribution in [1.82, 2.24) is 0 Å². The minimum absolute atomic E-state index is 0.303. The van der Waals surface area contributed by atoms with E-state index in [2.05, 4.69) is 6.58 Å². The zero-order chi connectivity index (χ0) is 14.5. The number of aldehydes is 1. The van der Waals surface area contributed by atoms with Gasteiger partial charge in [0.05, 0.1) is 13.2 Å². The van der Waals surface area contributed by atoms with E-state index in [9.17, 15) is 9.59 Å². The molecule has 1 aromatic carbocycles. The normalized spacial score (nSPS) is 8.74. The number of aliphatic hydroxyl groups is 1. The molecule has 5 heteroatoms. The molecule has 0 spiro atoms. The summed E-state index contributed by atoms with van der Waals surface area (Å²) >= 11 is 0. The van der Waals surface area contributed by atoms with Crippen molar-refractivity contribution in [2.45, 2.75) is 6.42 Å². The summed E-state index contributed by atoms with van der Waals surface area (Å²) < 4.78 is 10.2. The quantitative estimate of drug-likeness (QED) is 0.351. The third-order valence-electron chi connectivity index (χ3n) is 1.98. The summed E-state index contributed by atoms with van der Waals surface area (Å²) in [6.45, 7) is 4.04. The number of rotatable bonds is 7. The zero-order valence-corrected chi connectivity index (χ0v) is 10.9. The molecule has 0 aliphatic carbocycles. The van der Waals surface area contributed by atoms with E-state index in [1.165, 1.54) is 0 Å². The first-order valence-electron chi connectivity index (χ1n) is 5.68. The maximum absolute atomic E-state index is 10.7. The van der Waals surface area contributed by atoms with Crippen LogP contribution in [0.5, 0.6) is 5.75 Å². The number of benzene rings is 1. The van der Waals surface area contributed by atoms with Gasteiger partial charge in [0.15, 0.2) is 0 Å². The van der Waals surface area contributed by atoms with Crippen molar-refractivity contribution in [3.05, 3.63) is 42.5 Å². The molecule has 1 rings (SSSR count). The van der Waals surface area contributed by atoms with Crippen molar-refractivity contribution in [2.75, 3.05) is 20.3 Å². The van der Waals surface area contributed by atoms with Gasteiger partial charge in [-0.3, -0.25) is 4.79 Å². The van der Waals surface area contributed by atoms with E-state index in [4.69, 9.17) is 14.6 Å². The maximum atomic E-state index is 10.7. The number of hydrogen-bond donors (Lipinski definition) is 1. The van der Waals surface area contributed by atoms with E-state index in [0.29, 0.717) is 30.9 Å². The van der Waals surface area contributed by atoms with Gasteiger partial charge in [0.2, 0.25) is 0 Å². The van der Waals surface area contributed by atoms with Crippen molar-refractivity contribution in [3.63, 3.8) is 0 Å². The lowest BCUT2D eigenvalue weighted by atomic mass is 10.2. The van der Waals surface area contributed by atoms with Crippen LogP contribution in [-0.4, -0.2) is 37.7 Å². The van der Waals surface area contributed by atoms with Crippen LogP contribution in [0.1, 0.15) is 16.8 Å². The molecule has 0 radical (unpaired) electrons. The summed E-state index contributed by atoms with van der Waals surface area (Å²) in [5.41, 5.74) is 0.609. The van der Waals surface area contributed by atoms with Crippen molar-refractivity contribution >= 4 is 12.3 Å². The van der Waals surface area contributed by atoms with E-state index in [0.717, 1.165) is 19.5 Å². The monoisotopic (exact) mass is 266 g/mol. The maximum Gasteiger partial charge on any atom is 0.330 e. The molecular formula is C14H18O5. The van der Waals surface area contributed by atoms with Gasteiger partial charge < -0.3 is 14.6 Å². The van der Waals surface area contributed by atoms with Crippen LogP contribution < -0.4 is 4.74 Å². The van der Waals surface area contributed by atoms with Crippen molar-refractivity contribution in [1.29, 1.82) is 0 Å². The van der Waals surface area contributed by atoms with Gasteiger partial charge in [0, 0.05) is 25.2 Å². The van der Waals surface area contributed by atoms with Crippen LogP contribution in [0.3, 0.4) is 0 Å². The van der Waals surface area contributed by atoms with Gasteiger partial charge in [-0.2, -0.15) is 0 Å². The van der Waals surface area contributed by atoms with Gasteiger partial charge in [-0.05, 0) is 24.3 Å². The molecule has 0 bridgehead atoms. The number of esters is 1.